The van der Waals surface area contributed by atoms with Crippen LogP contribution in [-0.4, -0.2) is 30.1 Å². The first-order valence-corrected chi connectivity index (χ1v) is 6.31. The van der Waals surface area contributed by atoms with Crippen molar-refractivity contribution in [1.82, 2.24) is 10.3 Å². The molecule has 1 fully saturated rings. The van der Waals surface area contributed by atoms with Crippen LogP contribution in [0.1, 0.15) is 18.4 Å². The molecule has 2 unspecified atom stereocenters. The minimum atomic E-state index is -0.657. The molecule has 1 saturated heterocycles. The van der Waals surface area contributed by atoms with Crippen LogP contribution in [0, 0.1) is 5.82 Å². The van der Waals surface area contributed by atoms with Gasteiger partial charge in [0.15, 0.2) is 6.10 Å². The van der Waals surface area contributed by atoms with Gasteiger partial charge >= 0.3 is 0 Å². The minimum Gasteiger partial charge on any atom is -0.451 e. The number of aromatic nitrogens is 1. The van der Waals surface area contributed by atoms with E-state index in [2.05, 4.69) is 15.3 Å². The Balaban J connectivity index is 1.99. The molecule has 2 N–H and O–H groups in total. The van der Waals surface area contributed by atoms with Gasteiger partial charge < -0.3 is 9.72 Å². The summed E-state index contributed by atoms with van der Waals surface area (Å²) in [5, 5.41) is 3.32. The van der Waals surface area contributed by atoms with Crippen LogP contribution in [-0.2, 0) is 9.53 Å². The number of benzene rings is 1. The summed E-state index contributed by atoms with van der Waals surface area (Å²) in [6.45, 7) is 1.87. The van der Waals surface area contributed by atoms with E-state index < -0.39 is 6.10 Å². The highest BCUT2D eigenvalue weighted by molar-refractivity contribution is 6.02. The number of nitrogens with zero attached hydrogens (tertiary/aromatic N) is 1. The van der Waals surface area contributed by atoms with Crippen LogP contribution >= 0.6 is 0 Å². The number of ether oxygens (including phenoxy) is 1. The Morgan fingerprint density at radius 3 is 2.95 bits per heavy atom. The molecule has 0 radical (unpaired) electrons. The lowest BCUT2D eigenvalue weighted by atomic mass is 9.94. The molecular weight excluding hydrogens is 261 g/mol. The first kappa shape index (κ1) is 12.7. The molecule has 1 amide bonds. The summed E-state index contributed by atoms with van der Waals surface area (Å²) in [7, 11) is 1.55. The van der Waals surface area contributed by atoms with E-state index in [9.17, 15) is 9.18 Å². The molecule has 0 aliphatic carbocycles. The number of hydrogen-bond donors (Lipinski definition) is 2. The van der Waals surface area contributed by atoms with Gasteiger partial charge in [0, 0.05) is 30.1 Å². The van der Waals surface area contributed by atoms with E-state index in [1.165, 1.54) is 12.1 Å². The molecule has 1 aromatic carbocycles. The van der Waals surface area contributed by atoms with Gasteiger partial charge in [-0.2, -0.15) is 0 Å². The summed E-state index contributed by atoms with van der Waals surface area (Å²) in [4.78, 5) is 18.8. The maximum absolute atomic E-state index is 13.4. The van der Waals surface area contributed by atoms with E-state index >= 15 is 0 Å². The van der Waals surface area contributed by atoms with Crippen LogP contribution in [0.15, 0.2) is 29.4 Å². The molecule has 2 atom stereocenters. The lowest BCUT2D eigenvalue weighted by molar-refractivity contribution is -0.124. The van der Waals surface area contributed by atoms with E-state index in [1.54, 1.807) is 19.3 Å². The fourth-order valence-electron chi connectivity index (χ4n) is 2.47. The highest BCUT2D eigenvalue weighted by Crippen LogP contribution is 2.30. The lowest BCUT2D eigenvalue weighted by Crippen LogP contribution is -2.28. The largest absolute Gasteiger partial charge is 0.451 e. The number of nitrogens with one attached hydrogen (secondary N) is 2. The van der Waals surface area contributed by atoms with Gasteiger partial charge in [-0.3, -0.25) is 10.1 Å². The zero-order valence-electron chi connectivity index (χ0n) is 11.1. The number of amides is 1. The zero-order valence-corrected chi connectivity index (χ0v) is 11.1. The van der Waals surface area contributed by atoms with Crippen LogP contribution in [0.3, 0.4) is 0 Å². The van der Waals surface area contributed by atoms with Crippen molar-refractivity contribution in [3.05, 3.63) is 35.8 Å². The summed E-state index contributed by atoms with van der Waals surface area (Å²) in [6, 6.07) is 4.75. The van der Waals surface area contributed by atoms with E-state index in [-0.39, 0.29) is 23.7 Å². The molecule has 2 aromatic rings. The first-order chi connectivity index (χ1) is 9.60. The molecule has 104 valence electrons. The predicted octanol–water partition coefficient (Wildman–Crippen LogP) is 1.91. The number of aromatic amines is 1. The standard InChI is InChI=1S/C14H14FN3O2/c1-7(12-13(19)18-14(16-2)20-12)10-6-17-11-4-3-8(15)5-9(10)11/h3-7,12,17H,1-2H3,(H,16,18,19). The third kappa shape index (κ3) is 1.93. The van der Waals surface area contributed by atoms with E-state index in [4.69, 9.17) is 4.74 Å². The summed E-state index contributed by atoms with van der Waals surface area (Å²) < 4.78 is 18.9. The van der Waals surface area contributed by atoms with Crippen molar-refractivity contribution < 1.29 is 13.9 Å². The zero-order chi connectivity index (χ0) is 14.3. The summed E-state index contributed by atoms with van der Waals surface area (Å²) in [6.07, 6.45) is 1.13. The molecule has 1 aliphatic heterocycles. The van der Waals surface area contributed by atoms with E-state index in [0.717, 1.165) is 16.5 Å². The molecule has 2 heterocycles. The second kappa shape index (κ2) is 4.63. The average Bonchev–Trinajstić information content (AvgIpc) is 3.01. The van der Waals surface area contributed by atoms with Crippen LogP contribution < -0.4 is 5.32 Å². The number of amidine groups is 1. The fraction of sp³-hybridized carbons (Fsp3) is 0.286. The Labute approximate surface area is 114 Å². The van der Waals surface area contributed by atoms with Gasteiger partial charge in [0.2, 0.25) is 0 Å². The van der Waals surface area contributed by atoms with Crippen molar-refractivity contribution in [1.29, 1.82) is 0 Å². The monoisotopic (exact) mass is 275 g/mol. The molecule has 5 nitrogen and oxygen atoms in total. The molecule has 6 heteroatoms. The third-order valence-electron chi connectivity index (χ3n) is 3.55. The minimum absolute atomic E-state index is 0.218. The van der Waals surface area contributed by atoms with Crippen LogP contribution in [0.4, 0.5) is 4.39 Å². The maximum atomic E-state index is 13.4. The second-order valence-corrected chi connectivity index (χ2v) is 4.78. The first-order valence-electron chi connectivity index (χ1n) is 6.31. The normalized spacial score (nSPS) is 22.1. The third-order valence-corrected chi connectivity index (χ3v) is 3.55. The topological polar surface area (TPSA) is 66.5 Å². The fourth-order valence-corrected chi connectivity index (χ4v) is 2.47. The number of carbonyl (C=O) groups excluding carboxylic acids is 1. The number of hydrogen-bond acceptors (Lipinski definition) is 3. The predicted molar refractivity (Wildman–Crippen MR) is 73.0 cm³/mol. The van der Waals surface area contributed by atoms with Crippen molar-refractivity contribution in [3.8, 4) is 0 Å². The molecule has 0 spiro atoms. The number of aliphatic imine (C=N–C) groups is 1. The highest BCUT2D eigenvalue weighted by Gasteiger charge is 2.36. The Bertz CT molecular complexity index is 708. The van der Waals surface area contributed by atoms with E-state index in [1.807, 2.05) is 6.92 Å². The summed E-state index contributed by atoms with van der Waals surface area (Å²) in [5.41, 5.74) is 1.67. The van der Waals surface area contributed by atoms with Gasteiger partial charge in [0.1, 0.15) is 5.82 Å². The van der Waals surface area contributed by atoms with E-state index in [0.29, 0.717) is 0 Å². The van der Waals surface area contributed by atoms with Crippen LogP contribution in [0.2, 0.25) is 0 Å². The summed E-state index contributed by atoms with van der Waals surface area (Å²) in [5.74, 6) is -0.758. The quantitative estimate of drug-likeness (QED) is 0.879. The van der Waals surface area contributed by atoms with Crippen molar-refractivity contribution in [2.24, 2.45) is 4.99 Å². The number of carbonyl (C=O) groups is 1. The summed E-state index contributed by atoms with van der Waals surface area (Å²) >= 11 is 0. The molecular formula is C14H14FN3O2. The Hall–Kier alpha value is -2.37. The van der Waals surface area contributed by atoms with Crippen LogP contribution in [0.5, 0.6) is 0 Å². The average molecular weight is 275 g/mol. The van der Waals surface area contributed by atoms with Gasteiger partial charge in [0.25, 0.3) is 11.9 Å². The van der Waals surface area contributed by atoms with Gasteiger partial charge in [0.05, 0.1) is 0 Å². The Morgan fingerprint density at radius 2 is 2.25 bits per heavy atom. The van der Waals surface area contributed by atoms with Crippen LogP contribution in [0.25, 0.3) is 10.9 Å². The molecule has 0 bridgehead atoms. The van der Waals surface area contributed by atoms with Crippen molar-refractivity contribution in [2.75, 3.05) is 7.05 Å². The van der Waals surface area contributed by atoms with Gasteiger partial charge in [-0.25, -0.2) is 9.38 Å². The van der Waals surface area contributed by atoms with Gasteiger partial charge in [-0.05, 0) is 23.8 Å². The lowest BCUT2D eigenvalue weighted by Gasteiger charge is -2.15. The molecule has 1 aliphatic rings. The molecule has 1 aromatic heterocycles. The van der Waals surface area contributed by atoms with Crippen molar-refractivity contribution in [2.45, 2.75) is 18.9 Å². The smallest absolute Gasteiger partial charge is 0.292 e. The maximum Gasteiger partial charge on any atom is 0.292 e. The molecule has 0 saturated carbocycles. The van der Waals surface area contributed by atoms with Gasteiger partial charge in [-0.15, -0.1) is 0 Å². The van der Waals surface area contributed by atoms with Gasteiger partial charge in [-0.1, -0.05) is 6.92 Å². The second-order valence-electron chi connectivity index (χ2n) is 4.78. The SMILES string of the molecule is CN=C1NC(=O)C(C(C)c2c[nH]c3ccc(F)cc23)O1. The number of fused-ring (bicyclic) bond motifs is 1. The molecule has 20 heavy (non-hydrogen) atoms. The number of halogens is 1. The highest BCUT2D eigenvalue weighted by atomic mass is 19.1. The number of H-pyrrole nitrogens is 1. The molecule has 3 rings (SSSR count). The Morgan fingerprint density at radius 1 is 1.45 bits per heavy atom. The Kier molecular flexibility index (Phi) is 2.93. The number of rotatable bonds is 2. The van der Waals surface area contributed by atoms with Crippen molar-refractivity contribution >= 4 is 22.8 Å². The van der Waals surface area contributed by atoms with Crippen molar-refractivity contribution in [3.63, 3.8) is 0 Å².